The van der Waals surface area contributed by atoms with Crippen molar-refractivity contribution in [2.45, 2.75) is 30.6 Å². The highest BCUT2D eigenvalue weighted by atomic mass is 32.2. The number of carbonyl (C=O) groups excluding carboxylic acids is 1. The van der Waals surface area contributed by atoms with E-state index in [0.29, 0.717) is 50.7 Å². The van der Waals surface area contributed by atoms with Crippen LogP contribution in [0.3, 0.4) is 0 Å². The Morgan fingerprint density at radius 3 is 2.34 bits per heavy atom. The Kier molecular flexibility index (Phi) is 8.14. The average Bonchev–Trinajstić information content (AvgIpc) is 2.79. The highest BCUT2D eigenvalue weighted by Gasteiger charge is 2.32. The van der Waals surface area contributed by atoms with Gasteiger partial charge in [-0.15, -0.1) is 0 Å². The second-order valence-corrected chi connectivity index (χ2v) is 9.49. The summed E-state index contributed by atoms with van der Waals surface area (Å²) in [6.45, 7) is 1.18. The van der Waals surface area contributed by atoms with E-state index in [0.717, 1.165) is 12.1 Å². The molecule has 1 heterocycles. The number of hydrogen-bond donors (Lipinski definition) is 1. The van der Waals surface area contributed by atoms with E-state index in [-0.39, 0.29) is 35.6 Å². The van der Waals surface area contributed by atoms with E-state index in [4.69, 9.17) is 4.74 Å². The number of nitrogens with zero attached hydrogens (tertiary/aromatic N) is 1. The monoisotopic (exact) mass is 470 g/mol. The second kappa shape index (κ2) is 10.8. The maximum atomic E-state index is 13.4. The molecule has 0 spiro atoms. The molecule has 10 heteroatoms. The van der Waals surface area contributed by atoms with Gasteiger partial charge in [0.05, 0.1) is 11.5 Å². The minimum absolute atomic E-state index is 0.130. The predicted molar refractivity (Wildman–Crippen MR) is 112 cm³/mol. The summed E-state index contributed by atoms with van der Waals surface area (Å²) in [5.74, 6) is -2.51. The molecule has 0 radical (unpaired) electrons. The fourth-order valence-corrected chi connectivity index (χ4v) is 4.93. The molecule has 0 atom stereocenters. The van der Waals surface area contributed by atoms with Gasteiger partial charge in [0.2, 0.25) is 15.9 Å². The van der Waals surface area contributed by atoms with E-state index < -0.39 is 21.7 Å². The van der Waals surface area contributed by atoms with Gasteiger partial charge in [-0.3, -0.25) is 4.79 Å². The minimum atomic E-state index is -3.94. The first-order chi connectivity index (χ1) is 15.3. The van der Waals surface area contributed by atoms with Crippen molar-refractivity contribution in [3.05, 3.63) is 59.9 Å². The topological polar surface area (TPSA) is 75.7 Å². The van der Waals surface area contributed by atoms with Gasteiger partial charge in [-0.1, -0.05) is 0 Å². The van der Waals surface area contributed by atoms with Gasteiger partial charge in [0.1, 0.15) is 11.6 Å². The van der Waals surface area contributed by atoms with E-state index in [1.54, 1.807) is 12.1 Å². The van der Waals surface area contributed by atoms with Crippen molar-refractivity contribution in [1.82, 2.24) is 9.62 Å². The summed E-state index contributed by atoms with van der Waals surface area (Å²) in [6, 6.07) is 8.24. The molecule has 32 heavy (non-hydrogen) atoms. The predicted octanol–water partition coefficient (Wildman–Crippen LogP) is 3.48. The van der Waals surface area contributed by atoms with Crippen LogP contribution in [0.4, 0.5) is 13.2 Å². The van der Waals surface area contributed by atoms with Gasteiger partial charge in [-0.25, -0.2) is 21.6 Å². The minimum Gasteiger partial charge on any atom is -0.494 e. The number of amides is 1. The zero-order chi connectivity index (χ0) is 23.1. The molecule has 1 aliphatic heterocycles. The highest BCUT2D eigenvalue weighted by molar-refractivity contribution is 7.89. The molecule has 3 rings (SSSR count). The number of piperidine rings is 1. The van der Waals surface area contributed by atoms with Crippen LogP contribution in [0, 0.1) is 23.4 Å². The standard InChI is InChI=1S/C22H25F3N2O4S/c23-17-3-5-18(6-4-17)31-14-2-1-11-26-22(28)16-9-12-27(13-10-16)32(29,30)19-7-8-20(24)21(25)15-19/h3-8,15-16H,1-2,9-14H2,(H,26,28). The van der Waals surface area contributed by atoms with Gasteiger partial charge in [-0.2, -0.15) is 4.31 Å². The molecule has 0 saturated carbocycles. The first-order valence-electron chi connectivity index (χ1n) is 10.4. The summed E-state index contributed by atoms with van der Waals surface area (Å²) >= 11 is 0. The molecular weight excluding hydrogens is 445 g/mol. The molecule has 1 aliphatic rings. The van der Waals surface area contributed by atoms with Gasteiger partial charge in [-0.05, 0) is 68.1 Å². The van der Waals surface area contributed by atoms with Crippen molar-refractivity contribution >= 4 is 15.9 Å². The van der Waals surface area contributed by atoms with Crippen LogP contribution in [-0.4, -0.2) is 44.9 Å². The molecule has 1 saturated heterocycles. The molecule has 0 unspecified atom stereocenters. The number of hydrogen-bond acceptors (Lipinski definition) is 4. The average molecular weight is 471 g/mol. The summed E-state index contributed by atoms with van der Waals surface area (Å²) in [5, 5.41) is 2.85. The van der Waals surface area contributed by atoms with E-state index in [1.807, 2.05) is 0 Å². The van der Waals surface area contributed by atoms with Gasteiger partial charge in [0, 0.05) is 25.6 Å². The normalized spacial score (nSPS) is 15.5. The van der Waals surface area contributed by atoms with Crippen LogP contribution in [0.25, 0.3) is 0 Å². The van der Waals surface area contributed by atoms with Crippen LogP contribution in [-0.2, 0) is 14.8 Å². The number of ether oxygens (including phenoxy) is 1. The molecule has 0 aliphatic carbocycles. The molecular formula is C22H25F3N2O4S. The number of nitrogens with one attached hydrogen (secondary N) is 1. The third-order valence-corrected chi connectivity index (χ3v) is 7.20. The number of sulfonamides is 1. The molecule has 1 N–H and O–H groups in total. The Labute approximate surface area is 185 Å². The summed E-state index contributed by atoms with van der Waals surface area (Å²) in [5.41, 5.74) is 0. The van der Waals surface area contributed by atoms with Crippen molar-refractivity contribution in [2.24, 2.45) is 5.92 Å². The van der Waals surface area contributed by atoms with Crippen LogP contribution < -0.4 is 10.1 Å². The van der Waals surface area contributed by atoms with Crippen molar-refractivity contribution < 1.29 is 31.1 Å². The lowest BCUT2D eigenvalue weighted by Gasteiger charge is -2.30. The molecule has 2 aromatic rings. The van der Waals surface area contributed by atoms with E-state index in [1.165, 1.54) is 16.4 Å². The van der Waals surface area contributed by atoms with Crippen LogP contribution in [0.15, 0.2) is 47.4 Å². The van der Waals surface area contributed by atoms with E-state index in [9.17, 15) is 26.4 Å². The molecule has 1 amide bonds. The van der Waals surface area contributed by atoms with Crippen LogP contribution in [0.2, 0.25) is 0 Å². The van der Waals surface area contributed by atoms with E-state index in [2.05, 4.69) is 5.32 Å². The van der Waals surface area contributed by atoms with Gasteiger partial charge >= 0.3 is 0 Å². The maximum Gasteiger partial charge on any atom is 0.243 e. The Bertz CT molecular complexity index is 1020. The van der Waals surface area contributed by atoms with Crippen molar-refractivity contribution in [2.75, 3.05) is 26.2 Å². The first-order valence-corrected chi connectivity index (χ1v) is 11.8. The first kappa shape index (κ1) is 24.1. The lowest BCUT2D eigenvalue weighted by atomic mass is 9.97. The van der Waals surface area contributed by atoms with Crippen molar-refractivity contribution in [3.63, 3.8) is 0 Å². The third-order valence-electron chi connectivity index (χ3n) is 5.31. The molecule has 0 bridgehead atoms. The molecule has 174 valence electrons. The van der Waals surface area contributed by atoms with Crippen molar-refractivity contribution in [3.8, 4) is 5.75 Å². The lowest BCUT2D eigenvalue weighted by Crippen LogP contribution is -2.43. The SMILES string of the molecule is O=C(NCCCCOc1ccc(F)cc1)C1CCN(S(=O)(=O)c2ccc(F)c(F)c2)CC1. The summed E-state index contributed by atoms with van der Waals surface area (Å²) in [7, 11) is -3.94. The zero-order valence-corrected chi connectivity index (χ0v) is 18.2. The quantitative estimate of drug-likeness (QED) is 0.570. The van der Waals surface area contributed by atoms with Crippen LogP contribution >= 0.6 is 0 Å². The second-order valence-electron chi connectivity index (χ2n) is 7.55. The highest BCUT2D eigenvalue weighted by Crippen LogP contribution is 2.25. The Balaban J connectivity index is 1.36. The number of halogens is 3. The third kappa shape index (κ3) is 6.23. The number of unbranched alkanes of at least 4 members (excludes halogenated alkanes) is 1. The number of rotatable bonds is 9. The Morgan fingerprint density at radius 1 is 1.00 bits per heavy atom. The van der Waals surface area contributed by atoms with Crippen LogP contribution in [0.1, 0.15) is 25.7 Å². The largest absolute Gasteiger partial charge is 0.494 e. The molecule has 2 aromatic carbocycles. The summed E-state index contributed by atoms with van der Waals surface area (Å²) in [6.07, 6.45) is 2.11. The van der Waals surface area contributed by atoms with Gasteiger partial charge in [0.15, 0.2) is 11.6 Å². The molecule has 0 aromatic heterocycles. The van der Waals surface area contributed by atoms with Gasteiger partial charge < -0.3 is 10.1 Å². The maximum absolute atomic E-state index is 13.4. The summed E-state index contributed by atoms with van der Waals surface area (Å²) < 4.78 is 71.3. The smallest absolute Gasteiger partial charge is 0.243 e. The fraction of sp³-hybridized carbons (Fsp3) is 0.409. The van der Waals surface area contributed by atoms with E-state index >= 15 is 0 Å². The van der Waals surface area contributed by atoms with Gasteiger partial charge in [0.25, 0.3) is 0 Å². The zero-order valence-electron chi connectivity index (χ0n) is 17.4. The number of carbonyl (C=O) groups is 1. The lowest BCUT2D eigenvalue weighted by molar-refractivity contribution is -0.126. The fourth-order valence-electron chi connectivity index (χ4n) is 3.45. The van der Waals surface area contributed by atoms with Crippen LogP contribution in [0.5, 0.6) is 5.75 Å². The molecule has 6 nitrogen and oxygen atoms in total. The number of benzene rings is 2. The Hall–Kier alpha value is -2.59. The van der Waals surface area contributed by atoms with Crippen molar-refractivity contribution in [1.29, 1.82) is 0 Å². The molecule has 1 fully saturated rings. The Morgan fingerprint density at radius 2 is 1.69 bits per heavy atom. The summed E-state index contributed by atoms with van der Waals surface area (Å²) in [4.78, 5) is 12.1.